The molecule has 0 radical (unpaired) electrons. The minimum Gasteiger partial charge on any atom is -0.494 e. The summed E-state index contributed by atoms with van der Waals surface area (Å²) in [5.41, 5.74) is 8.34. The van der Waals surface area contributed by atoms with Gasteiger partial charge in [0.25, 0.3) is 0 Å². The van der Waals surface area contributed by atoms with E-state index in [2.05, 4.69) is 0 Å². The summed E-state index contributed by atoms with van der Waals surface area (Å²) in [5.74, 6) is 1.66. The van der Waals surface area contributed by atoms with E-state index in [0.29, 0.717) is 13.2 Å². The second kappa shape index (κ2) is 6.79. The molecule has 0 unspecified atom stereocenters. The maximum atomic E-state index is 7.43. The Kier molecular flexibility index (Phi) is 4.82. The first-order valence-electron chi connectivity index (χ1n) is 6.89. The summed E-state index contributed by atoms with van der Waals surface area (Å²) in [5, 5.41) is 7.43. The Morgan fingerprint density at radius 3 is 2.43 bits per heavy atom. The van der Waals surface area contributed by atoms with Crippen LogP contribution >= 0.6 is 0 Å². The fraction of sp³-hybridized carbons (Fsp3) is 0.235. The first-order valence-corrected chi connectivity index (χ1v) is 6.89. The first-order chi connectivity index (χ1) is 10.1. The fourth-order valence-electron chi connectivity index (χ4n) is 2.01. The monoisotopic (exact) mass is 284 g/mol. The summed E-state index contributed by atoms with van der Waals surface area (Å²) in [7, 11) is 0. The molecular weight excluding hydrogens is 264 g/mol. The van der Waals surface area contributed by atoms with Crippen LogP contribution in [0.4, 0.5) is 0 Å². The molecule has 0 heterocycles. The summed E-state index contributed by atoms with van der Waals surface area (Å²) in [6, 6.07) is 13.3. The van der Waals surface area contributed by atoms with Crippen LogP contribution in [0.25, 0.3) is 0 Å². The average molecular weight is 284 g/mol. The highest BCUT2D eigenvalue weighted by molar-refractivity contribution is 5.95. The molecule has 0 aliphatic carbocycles. The third-order valence-corrected chi connectivity index (χ3v) is 3.16. The molecule has 0 saturated carbocycles. The number of nitrogens with two attached hydrogens (primary N) is 1. The van der Waals surface area contributed by atoms with E-state index in [1.165, 1.54) is 0 Å². The predicted molar refractivity (Wildman–Crippen MR) is 84.1 cm³/mol. The SMILES string of the molecule is CCOc1cccc(OCc2ccc(C(=N)N)cc2C)c1. The number of amidine groups is 1. The molecule has 0 aromatic heterocycles. The molecule has 0 fully saturated rings. The molecule has 2 rings (SSSR count). The fourth-order valence-corrected chi connectivity index (χ4v) is 2.01. The van der Waals surface area contributed by atoms with Crippen molar-refractivity contribution in [2.45, 2.75) is 20.5 Å². The van der Waals surface area contributed by atoms with E-state index in [9.17, 15) is 0 Å². The molecule has 3 N–H and O–H groups in total. The Labute approximate surface area is 125 Å². The van der Waals surface area contributed by atoms with Crippen molar-refractivity contribution < 1.29 is 9.47 Å². The largest absolute Gasteiger partial charge is 0.494 e. The molecule has 0 saturated heterocycles. The third kappa shape index (κ3) is 3.99. The predicted octanol–water partition coefficient (Wildman–Crippen LogP) is 3.26. The standard InChI is InChI=1S/C17H20N2O2/c1-3-20-15-5-4-6-16(10-15)21-11-14-8-7-13(17(18)19)9-12(14)2/h4-10H,3,11H2,1-2H3,(H3,18,19). The lowest BCUT2D eigenvalue weighted by Gasteiger charge is -2.11. The summed E-state index contributed by atoms with van der Waals surface area (Å²) >= 11 is 0. The number of nitrogens with one attached hydrogen (secondary N) is 1. The zero-order valence-corrected chi connectivity index (χ0v) is 12.3. The van der Waals surface area contributed by atoms with E-state index in [-0.39, 0.29) is 5.84 Å². The lowest BCUT2D eigenvalue weighted by molar-refractivity contribution is 0.299. The Morgan fingerprint density at radius 2 is 1.81 bits per heavy atom. The number of rotatable bonds is 6. The van der Waals surface area contributed by atoms with Crippen molar-refractivity contribution in [2.75, 3.05) is 6.61 Å². The van der Waals surface area contributed by atoms with Crippen LogP contribution in [-0.2, 0) is 6.61 Å². The molecule has 4 heteroatoms. The van der Waals surface area contributed by atoms with Crippen LogP contribution in [0, 0.1) is 12.3 Å². The smallest absolute Gasteiger partial charge is 0.123 e. The van der Waals surface area contributed by atoms with Crippen molar-refractivity contribution in [2.24, 2.45) is 5.73 Å². The topological polar surface area (TPSA) is 68.3 Å². The minimum atomic E-state index is 0.0787. The van der Waals surface area contributed by atoms with Gasteiger partial charge in [0.05, 0.1) is 6.61 Å². The first kappa shape index (κ1) is 14.9. The second-order valence-electron chi connectivity index (χ2n) is 4.75. The molecule has 0 bridgehead atoms. The van der Waals surface area contributed by atoms with Gasteiger partial charge in [0, 0.05) is 11.6 Å². The molecular formula is C17H20N2O2. The van der Waals surface area contributed by atoms with Crippen molar-refractivity contribution in [1.29, 1.82) is 5.41 Å². The highest BCUT2D eigenvalue weighted by atomic mass is 16.5. The van der Waals surface area contributed by atoms with Crippen LogP contribution in [0.5, 0.6) is 11.5 Å². The lowest BCUT2D eigenvalue weighted by Crippen LogP contribution is -2.11. The molecule has 0 spiro atoms. The highest BCUT2D eigenvalue weighted by Crippen LogP contribution is 2.21. The zero-order chi connectivity index (χ0) is 15.2. The summed E-state index contributed by atoms with van der Waals surface area (Å²) in [4.78, 5) is 0. The number of ether oxygens (including phenoxy) is 2. The quantitative estimate of drug-likeness (QED) is 0.632. The van der Waals surface area contributed by atoms with Gasteiger partial charge >= 0.3 is 0 Å². The van der Waals surface area contributed by atoms with E-state index in [1.54, 1.807) is 0 Å². The molecule has 2 aromatic carbocycles. The van der Waals surface area contributed by atoms with Crippen LogP contribution in [0.3, 0.4) is 0 Å². The van der Waals surface area contributed by atoms with Crippen molar-refractivity contribution in [3.8, 4) is 11.5 Å². The third-order valence-electron chi connectivity index (χ3n) is 3.16. The second-order valence-corrected chi connectivity index (χ2v) is 4.75. The van der Waals surface area contributed by atoms with Gasteiger partial charge in [0.1, 0.15) is 23.9 Å². The highest BCUT2D eigenvalue weighted by Gasteiger charge is 2.04. The number of benzene rings is 2. The molecule has 0 aliphatic rings. The Morgan fingerprint density at radius 1 is 1.10 bits per heavy atom. The van der Waals surface area contributed by atoms with Gasteiger partial charge in [-0.15, -0.1) is 0 Å². The van der Waals surface area contributed by atoms with E-state index in [4.69, 9.17) is 20.6 Å². The lowest BCUT2D eigenvalue weighted by atomic mass is 10.1. The van der Waals surface area contributed by atoms with Crippen LogP contribution in [0.15, 0.2) is 42.5 Å². The Bertz CT molecular complexity index is 638. The van der Waals surface area contributed by atoms with Crippen LogP contribution in [-0.4, -0.2) is 12.4 Å². The van der Waals surface area contributed by atoms with E-state index < -0.39 is 0 Å². The van der Waals surface area contributed by atoms with Crippen molar-refractivity contribution in [1.82, 2.24) is 0 Å². The molecule has 0 aliphatic heterocycles. The average Bonchev–Trinajstić information content (AvgIpc) is 2.46. The van der Waals surface area contributed by atoms with Crippen LogP contribution < -0.4 is 15.2 Å². The molecule has 21 heavy (non-hydrogen) atoms. The van der Waals surface area contributed by atoms with Gasteiger partial charge in [-0.05, 0) is 43.2 Å². The van der Waals surface area contributed by atoms with Gasteiger partial charge < -0.3 is 15.2 Å². The number of hydrogen-bond acceptors (Lipinski definition) is 3. The number of aryl methyl sites for hydroxylation is 1. The van der Waals surface area contributed by atoms with Crippen molar-refractivity contribution >= 4 is 5.84 Å². The van der Waals surface area contributed by atoms with Gasteiger partial charge in [0.2, 0.25) is 0 Å². The van der Waals surface area contributed by atoms with Gasteiger partial charge in [-0.1, -0.05) is 18.2 Å². The van der Waals surface area contributed by atoms with Crippen molar-refractivity contribution in [3.05, 3.63) is 59.2 Å². The van der Waals surface area contributed by atoms with Crippen LogP contribution in [0.2, 0.25) is 0 Å². The minimum absolute atomic E-state index is 0.0787. The summed E-state index contributed by atoms with van der Waals surface area (Å²) in [6.45, 7) is 5.05. The van der Waals surface area contributed by atoms with Crippen molar-refractivity contribution in [3.63, 3.8) is 0 Å². The molecule has 0 atom stereocenters. The Hall–Kier alpha value is -2.49. The summed E-state index contributed by atoms with van der Waals surface area (Å²) < 4.78 is 11.2. The molecule has 4 nitrogen and oxygen atoms in total. The molecule has 0 amide bonds. The van der Waals surface area contributed by atoms with Crippen LogP contribution in [0.1, 0.15) is 23.6 Å². The Balaban J connectivity index is 2.06. The summed E-state index contributed by atoms with van der Waals surface area (Å²) in [6.07, 6.45) is 0. The van der Waals surface area contributed by atoms with E-state index >= 15 is 0 Å². The number of nitrogen functional groups attached to an aromatic ring is 1. The van der Waals surface area contributed by atoms with E-state index in [0.717, 1.165) is 28.2 Å². The van der Waals surface area contributed by atoms with Gasteiger partial charge in [-0.3, -0.25) is 5.41 Å². The number of hydrogen-bond donors (Lipinski definition) is 2. The van der Waals surface area contributed by atoms with Gasteiger partial charge in [-0.25, -0.2) is 0 Å². The van der Waals surface area contributed by atoms with Gasteiger partial charge in [0.15, 0.2) is 0 Å². The molecule has 110 valence electrons. The van der Waals surface area contributed by atoms with Gasteiger partial charge in [-0.2, -0.15) is 0 Å². The molecule has 2 aromatic rings. The maximum Gasteiger partial charge on any atom is 0.123 e. The maximum absolute atomic E-state index is 7.43. The zero-order valence-electron chi connectivity index (χ0n) is 12.3. The van der Waals surface area contributed by atoms with E-state index in [1.807, 2.05) is 56.3 Å². The normalized spacial score (nSPS) is 10.2.